The number of hydrogen-bond acceptors (Lipinski definition) is 17. The Morgan fingerprint density at radius 2 is 0.919 bits per heavy atom. The zero-order valence-electron chi connectivity index (χ0n) is 56.2. The van der Waals surface area contributed by atoms with Crippen molar-refractivity contribution in [2.24, 2.45) is 16.6 Å². The number of fused-ring (bicyclic) bond motifs is 2. The van der Waals surface area contributed by atoms with E-state index in [4.69, 9.17) is 14.6 Å². The van der Waals surface area contributed by atoms with Gasteiger partial charge in [-0.3, -0.25) is 33.8 Å². The Bertz CT molecular complexity index is 4030. The number of nitrogens with zero attached hydrogens (tertiary/aromatic N) is 4. The van der Waals surface area contributed by atoms with Gasteiger partial charge in [-0.2, -0.15) is 0 Å². The van der Waals surface area contributed by atoms with E-state index in [1.807, 2.05) is 102 Å². The third-order valence-electron chi connectivity index (χ3n) is 14.9. The zero-order chi connectivity index (χ0) is 72.2. The van der Waals surface area contributed by atoms with Crippen LogP contribution in [-0.4, -0.2) is 108 Å². The van der Waals surface area contributed by atoms with Crippen molar-refractivity contribution in [1.29, 1.82) is 0 Å². The Kier molecular flexibility index (Phi) is 30.0. The van der Waals surface area contributed by atoms with E-state index in [9.17, 15) is 64.7 Å². The molecule has 99 heavy (non-hydrogen) atoms. The predicted octanol–water partition coefficient (Wildman–Crippen LogP) is 10.0. The molecule has 27 heteroatoms. The van der Waals surface area contributed by atoms with Gasteiger partial charge in [-0.25, -0.2) is 55.7 Å². The van der Waals surface area contributed by atoms with Gasteiger partial charge in [0, 0.05) is 40.0 Å². The van der Waals surface area contributed by atoms with Crippen LogP contribution in [0.1, 0.15) is 163 Å². The molecule has 4 amide bonds. The molecule has 515 valence electrons. The number of halogens is 6. The average molecular weight is 1380 g/mol. The van der Waals surface area contributed by atoms with Crippen LogP contribution in [-0.2, 0) is 46.4 Å². The molecule has 4 atom stereocenters. The molecular weight excluding hydrogens is 1300 g/mol. The molecule has 0 fully saturated rings. The summed E-state index contributed by atoms with van der Waals surface area (Å²) < 4.78 is 99.1. The summed E-state index contributed by atoms with van der Waals surface area (Å²) in [5.74, 6) is -5.19. The number of aromatic nitrogens is 2. The normalized spacial score (nSPS) is 13.4. The van der Waals surface area contributed by atoms with Crippen molar-refractivity contribution >= 4 is 55.9 Å². The summed E-state index contributed by atoms with van der Waals surface area (Å²) in [5, 5.41) is 3.43. The fourth-order valence-corrected chi connectivity index (χ4v) is 10.0. The van der Waals surface area contributed by atoms with Gasteiger partial charge >= 0.3 is 41.5 Å². The van der Waals surface area contributed by atoms with Crippen molar-refractivity contribution in [1.82, 2.24) is 25.1 Å². The smallest absolute Gasteiger partial charge is 0.793 e. The van der Waals surface area contributed by atoms with Gasteiger partial charge in [0.2, 0.25) is 17.8 Å². The van der Waals surface area contributed by atoms with Crippen LogP contribution in [0.3, 0.4) is 0 Å². The number of carbonyl (C=O) groups excluding carboxylic acids is 8. The van der Waals surface area contributed by atoms with Crippen molar-refractivity contribution in [3.8, 4) is 22.9 Å². The molecule has 3 N–H and O–H groups in total. The van der Waals surface area contributed by atoms with Gasteiger partial charge in [-0.05, 0) is 95.6 Å². The van der Waals surface area contributed by atoms with Crippen LogP contribution in [0.2, 0.25) is 0 Å². The van der Waals surface area contributed by atoms with Gasteiger partial charge in [0.15, 0.2) is 0 Å². The molecule has 4 heterocycles. The molecule has 3 radical (unpaired) electrons. The molecule has 6 aromatic carbocycles. The molecule has 8 aromatic rings. The number of oxazole rings is 2. The first-order chi connectivity index (χ1) is 46.4. The van der Waals surface area contributed by atoms with E-state index in [-0.39, 0.29) is 99.5 Å². The van der Waals surface area contributed by atoms with E-state index < -0.39 is 108 Å². The van der Waals surface area contributed by atoms with Crippen LogP contribution in [0.15, 0.2) is 154 Å². The Morgan fingerprint density at radius 1 is 0.556 bits per heavy atom. The predicted molar refractivity (Wildman–Crippen MR) is 349 cm³/mol. The molecule has 0 bridgehead atoms. The summed E-state index contributed by atoms with van der Waals surface area (Å²) in [4.78, 5) is 108. The number of benzene rings is 6. The van der Waals surface area contributed by atoms with E-state index in [0.29, 0.717) is 42.0 Å². The second-order valence-corrected chi connectivity index (χ2v) is 24.4. The number of hydrogen-bond donors (Lipinski definition) is 2. The Hall–Kier alpha value is -9.34. The van der Waals surface area contributed by atoms with Crippen molar-refractivity contribution in [2.45, 2.75) is 112 Å². The Balaban J connectivity index is 0.000000263. The molecule has 2 unspecified atom stereocenters. The van der Waals surface area contributed by atoms with Gasteiger partial charge in [0.05, 0.1) is 57.5 Å². The van der Waals surface area contributed by atoms with Crippen LogP contribution >= 0.6 is 0 Å². The van der Waals surface area contributed by atoms with E-state index in [1.165, 1.54) is 19.1 Å². The number of alkyl halides is 2. The topological polar surface area (TPSA) is 261 Å². The fourth-order valence-electron chi connectivity index (χ4n) is 10.0. The minimum Gasteiger partial charge on any atom is -0.793 e. The Labute approximate surface area is 591 Å². The molecule has 2 aromatic heterocycles. The largest absolute Gasteiger partial charge is 1.00 e. The summed E-state index contributed by atoms with van der Waals surface area (Å²) in [5.41, 5.74) is 9.71. The minimum atomic E-state index is -1.00. The first-order valence-electron chi connectivity index (χ1n) is 30.6. The van der Waals surface area contributed by atoms with Crippen LogP contribution < -0.4 is 40.6 Å². The first-order valence-corrected chi connectivity index (χ1v) is 30.6. The van der Waals surface area contributed by atoms with Crippen LogP contribution in [0.4, 0.5) is 26.3 Å². The number of nitrogens with one attached hydrogen (secondary N) is 1. The maximum Gasteiger partial charge on any atom is 1.00 e. The molecule has 0 saturated carbocycles. The molecule has 0 saturated heterocycles. The van der Waals surface area contributed by atoms with Crippen molar-refractivity contribution in [2.75, 3.05) is 19.9 Å². The zero-order valence-corrected chi connectivity index (χ0v) is 58.2. The number of nitrogens with two attached hydrogens (primary N) is 1. The van der Waals surface area contributed by atoms with Crippen molar-refractivity contribution in [3.05, 3.63) is 225 Å². The third kappa shape index (κ3) is 21.8. The molecule has 10 rings (SSSR count). The number of rotatable bonds is 18. The standard InChI is InChI=1S/C33H32F3N3O3.C21H22F2N2O.C12H10FNO3.C4H6O4.C2H3BO2.Na/c1-33(2,3)29(37-16-15-22(19-34)39-31(40)23-11-7-8-12-24(23)32(39)41)28-27(17-20-9-5-4-6-10-20)42-30(38-28)25-18-21(35)13-14-26(25)36;1-21(2,3)19(24)18-17(11-13-7-5-4-6-8-13)26-20(25-18)15-12-14(22)9-10-16(15)23;13-7-8(5-6-15)14-11(16)9-3-1-2-4-10(9)12(14)17;1-3(5)7-8-4(2)6;1-2(4)5-3;/h4-14,18,22,29,37H,15-17,19H2,1-3H3;4-10,12,19H,11,24H2,1-3H3;1-4,6,8H,5,7H2;1-2H3;1H3;/q;;;;-1;+1/t22-,29?;;8-;;;/m0.0.../s1. The van der Waals surface area contributed by atoms with Gasteiger partial charge in [0.25, 0.3) is 23.6 Å². The first kappa shape index (κ1) is 80.3. The van der Waals surface area contributed by atoms with Crippen LogP contribution in [0, 0.1) is 34.1 Å². The quantitative estimate of drug-likeness (QED) is 0.0202. The van der Waals surface area contributed by atoms with E-state index in [2.05, 4.69) is 37.8 Å². The van der Waals surface area contributed by atoms with E-state index in [1.54, 1.807) is 36.4 Å². The van der Waals surface area contributed by atoms with Crippen molar-refractivity contribution in [3.63, 3.8) is 0 Å². The monoisotopic (exact) mass is 1380 g/mol. The minimum absolute atomic E-state index is 0. The van der Waals surface area contributed by atoms with Crippen LogP contribution in [0.5, 0.6) is 0 Å². The number of amides is 4. The van der Waals surface area contributed by atoms with Gasteiger partial charge in [0.1, 0.15) is 65.8 Å². The molecule has 19 nitrogen and oxygen atoms in total. The number of carbonyl (C=O) groups is 8. The Morgan fingerprint density at radius 3 is 1.26 bits per heavy atom. The second-order valence-electron chi connectivity index (χ2n) is 24.4. The van der Waals surface area contributed by atoms with E-state index >= 15 is 0 Å². The summed E-state index contributed by atoms with van der Waals surface area (Å²) >= 11 is 0. The molecule has 0 spiro atoms. The van der Waals surface area contributed by atoms with Gasteiger partial charge < -0.3 is 37.4 Å². The van der Waals surface area contributed by atoms with Crippen LogP contribution in [0.25, 0.3) is 22.9 Å². The SMILES string of the molecule is CC(=O)OOC(C)=O.CC(C)(C)C(N)c1nc(-c2cc(F)ccc2F)oc1Cc1ccccc1.CC(C)(C)C(NCC[C@@H](CF)N1C(=O)c2ccccc2C1=O)c1nc(-c2cc(F)ccc2F)oc1Cc1ccccc1.O=CC[C@@H](CF)N1C(=O)c2ccccc2C1=O.[B-]OC(C)=O.[Na+]. The van der Waals surface area contributed by atoms with Gasteiger partial charge in [-0.15, -0.1) is 0 Å². The van der Waals surface area contributed by atoms with Gasteiger partial charge in [-0.1, -0.05) is 126 Å². The summed E-state index contributed by atoms with van der Waals surface area (Å²) in [6, 6.07) is 35.6. The maximum absolute atomic E-state index is 14.7. The molecule has 0 aliphatic carbocycles. The van der Waals surface area contributed by atoms with Crippen molar-refractivity contribution < 1.29 is 118 Å². The fraction of sp³-hybridized carbons (Fsp3) is 0.306. The molecule has 2 aliphatic heterocycles. The summed E-state index contributed by atoms with van der Waals surface area (Å²) in [6.07, 6.45) is 1.32. The number of imide groups is 2. The maximum atomic E-state index is 14.7. The number of aldehydes is 1. The second kappa shape index (κ2) is 37.0. The third-order valence-corrected chi connectivity index (χ3v) is 14.9. The summed E-state index contributed by atoms with van der Waals surface area (Å²) in [7, 11) is 4.32. The average Bonchev–Trinajstić information content (AvgIpc) is 1.67. The summed E-state index contributed by atoms with van der Waals surface area (Å²) in [6.45, 7) is 13.9. The molecule has 2 aliphatic rings. The molecular formula is C72H73BF6N6NaO13. The van der Waals surface area contributed by atoms with E-state index in [0.717, 1.165) is 71.2 Å².